The molecule has 0 saturated carbocycles. The molecule has 1 N–H and O–H groups in total. The Bertz CT molecular complexity index is 388. The third kappa shape index (κ3) is 4.24. The highest BCUT2D eigenvalue weighted by molar-refractivity contribution is 5.67. The highest BCUT2D eigenvalue weighted by atomic mass is 16.6. The quantitative estimate of drug-likeness (QED) is 0.886. The number of carbonyl (C=O) groups is 1. The summed E-state index contributed by atoms with van der Waals surface area (Å²) in [5.41, 5.74) is 1.02. The van der Waals surface area contributed by atoms with Crippen molar-refractivity contribution in [3.8, 4) is 0 Å². The lowest BCUT2D eigenvalue weighted by Gasteiger charge is -2.23. The molecule has 1 unspecified atom stereocenters. The van der Waals surface area contributed by atoms with E-state index in [1.807, 2.05) is 37.3 Å². The van der Waals surface area contributed by atoms with Gasteiger partial charge >= 0.3 is 6.09 Å². The van der Waals surface area contributed by atoms with Gasteiger partial charge in [-0.1, -0.05) is 30.3 Å². The smallest absolute Gasteiger partial charge is 0.410 e. The Morgan fingerprint density at radius 3 is 2.84 bits per heavy atom. The first-order valence-electron chi connectivity index (χ1n) is 6.98. The van der Waals surface area contributed by atoms with E-state index in [1.165, 1.54) is 6.42 Å². The van der Waals surface area contributed by atoms with Crippen LogP contribution >= 0.6 is 0 Å². The van der Waals surface area contributed by atoms with Crippen molar-refractivity contribution in [2.75, 3.05) is 19.6 Å². The summed E-state index contributed by atoms with van der Waals surface area (Å²) in [6.45, 7) is 4.81. The molecule has 1 amide bonds. The van der Waals surface area contributed by atoms with E-state index in [0.29, 0.717) is 19.2 Å². The van der Waals surface area contributed by atoms with E-state index in [1.54, 1.807) is 4.90 Å². The topological polar surface area (TPSA) is 41.6 Å². The van der Waals surface area contributed by atoms with Gasteiger partial charge in [-0.3, -0.25) is 0 Å². The first-order chi connectivity index (χ1) is 9.29. The fraction of sp³-hybridized carbons (Fsp3) is 0.533. The van der Waals surface area contributed by atoms with Gasteiger partial charge in [-0.25, -0.2) is 4.79 Å². The van der Waals surface area contributed by atoms with Gasteiger partial charge in [-0.05, 0) is 31.9 Å². The van der Waals surface area contributed by atoms with Gasteiger partial charge in [0.1, 0.15) is 6.61 Å². The summed E-state index contributed by atoms with van der Waals surface area (Å²) in [6, 6.07) is 10.2. The van der Waals surface area contributed by atoms with E-state index < -0.39 is 0 Å². The van der Waals surface area contributed by atoms with E-state index in [2.05, 4.69) is 5.32 Å². The second-order valence-electron chi connectivity index (χ2n) is 4.87. The second kappa shape index (κ2) is 7.14. The summed E-state index contributed by atoms with van der Waals surface area (Å²) >= 11 is 0. The molecule has 104 valence electrons. The molecule has 0 aliphatic carbocycles. The Labute approximate surface area is 114 Å². The molecule has 0 bridgehead atoms. The Balaban J connectivity index is 1.79. The molecule has 1 aliphatic heterocycles. The van der Waals surface area contributed by atoms with Crippen molar-refractivity contribution in [2.24, 2.45) is 0 Å². The first-order valence-corrected chi connectivity index (χ1v) is 6.98. The van der Waals surface area contributed by atoms with Gasteiger partial charge in [0.05, 0.1) is 0 Å². The van der Waals surface area contributed by atoms with Crippen LogP contribution in [-0.2, 0) is 11.3 Å². The maximum atomic E-state index is 12.0. The minimum absolute atomic E-state index is 0.222. The molecule has 2 rings (SSSR count). The lowest BCUT2D eigenvalue weighted by molar-refractivity contribution is 0.0951. The third-order valence-electron chi connectivity index (χ3n) is 3.45. The number of benzene rings is 1. The van der Waals surface area contributed by atoms with Crippen LogP contribution in [0.2, 0.25) is 0 Å². The van der Waals surface area contributed by atoms with Gasteiger partial charge < -0.3 is 15.0 Å². The number of hydrogen-bond donors (Lipinski definition) is 1. The number of amides is 1. The normalized spacial score (nSPS) is 18.3. The van der Waals surface area contributed by atoms with Crippen LogP contribution in [-0.4, -0.2) is 36.7 Å². The Kier molecular flexibility index (Phi) is 5.21. The van der Waals surface area contributed by atoms with E-state index in [4.69, 9.17) is 4.74 Å². The Morgan fingerprint density at radius 2 is 2.21 bits per heavy atom. The van der Waals surface area contributed by atoms with E-state index in [0.717, 1.165) is 25.1 Å². The Morgan fingerprint density at radius 1 is 1.42 bits per heavy atom. The van der Waals surface area contributed by atoms with Gasteiger partial charge in [-0.2, -0.15) is 0 Å². The highest BCUT2D eigenvalue weighted by Crippen LogP contribution is 2.09. The summed E-state index contributed by atoms with van der Waals surface area (Å²) in [4.78, 5) is 13.8. The largest absolute Gasteiger partial charge is 0.445 e. The number of nitrogens with one attached hydrogen (secondary N) is 1. The number of carbonyl (C=O) groups excluding carboxylic acids is 1. The fourth-order valence-corrected chi connectivity index (χ4v) is 2.32. The van der Waals surface area contributed by atoms with Gasteiger partial charge in [0.25, 0.3) is 0 Å². The van der Waals surface area contributed by atoms with Crippen LogP contribution in [0.25, 0.3) is 0 Å². The molecule has 4 nitrogen and oxygen atoms in total. The predicted octanol–water partition coefficient (Wildman–Crippen LogP) is 2.40. The monoisotopic (exact) mass is 262 g/mol. The molecule has 1 aromatic carbocycles. The Hall–Kier alpha value is -1.55. The molecule has 1 atom stereocenters. The number of rotatable bonds is 5. The molecule has 0 spiro atoms. The first kappa shape index (κ1) is 13.9. The van der Waals surface area contributed by atoms with Crippen LogP contribution in [0, 0.1) is 0 Å². The van der Waals surface area contributed by atoms with Gasteiger partial charge in [0.2, 0.25) is 0 Å². The van der Waals surface area contributed by atoms with Crippen LogP contribution in [0.3, 0.4) is 0 Å². The van der Waals surface area contributed by atoms with E-state index in [-0.39, 0.29) is 6.09 Å². The van der Waals surface area contributed by atoms with Gasteiger partial charge in [0, 0.05) is 19.1 Å². The van der Waals surface area contributed by atoms with E-state index >= 15 is 0 Å². The summed E-state index contributed by atoms with van der Waals surface area (Å²) in [7, 11) is 0. The third-order valence-corrected chi connectivity index (χ3v) is 3.45. The molecule has 1 saturated heterocycles. The lowest BCUT2D eigenvalue weighted by atomic mass is 10.2. The molecule has 1 heterocycles. The zero-order valence-electron chi connectivity index (χ0n) is 11.5. The molecule has 19 heavy (non-hydrogen) atoms. The molecule has 1 aromatic rings. The van der Waals surface area contributed by atoms with Crippen LogP contribution in [0.5, 0.6) is 0 Å². The highest BCUT2D eigenvalue weighted by Gasteiger charge is 2.21. The number of likely N-dealkylation sites (N-methyl/N-ethyl adjacent to an activating group) is 1. The van der Waals surface area contributed by atoms with Crippen molar-refractivity contribution in [2.45, 2.75) is 32.4 Å². The van der Waals surface area contributed by atoms with Crippen LogP contribution < -0.4 is 5.32 Å². The van der Waals surface area contributed by atoms with Gasteiger partial charge in [-0.15, -0.1) is 0 Å². The van der Waals surface area contributed by atoms with Crippen molar-refractivity contribution < 1.29 is 9.53 Å². The average molecular weight is 262 g/mol. The summed E-state index contributed by atoms with van der Waals surface area (Å²) < 4.78 is 5.35. The zero-order chi connectivity index (χ0) is 13.5. The summed E-state index contributed by atoms with van der Waals surface area (Å²) in [5, 5.41) is 3.40. The standard InChI is InChI=1S/C15H22N2O2/c1-2-17(11-14-9-6-10-16-14)15(18)19-12-13-7-4-3-5-8-13/h3-5,7-8,14,16H,2,6,9-12H2,1H3. The predicted molar refractivity (Wildman–Crippen MR) is 74.9 cm³/mol. The number of hydrogen-bond acceptors (Lipinski definition) is 3. The van der Waals surface area contributed by atoms with Crippen molar-refractivity contribution in [1.82, 2.24) is 10.2 Å². The number of ether oxygens (including phenoxy) is 1. The summed E-state index contributed by atoms with van der Waals surface area (Å²) in [6.07, 6.45) is 2.11. The molecule has 1 fully saturated rings. The van der Waals surface area contributed by atoms with Crippen molar-refractivity contribution in [1.29, 1.82) is 0 Å². The van der Waals surface area contributed by atoms with Crippen molar-refractivity contribution >= 4 is 6.09 Å². The molecule has 4 heteroatoms. The molecule has 0 radical (unpaired) electrons. The van der Waals surface area contributed by atoms with E-state index in [9.17, 15) is 4.79 Å². The van der Waals surface area contributed by atoms with Crippen molar-refractivity contribution in [3.05, 3.63) is 35.9 Å². The average Bonchev–Trinajstić information content (AvgIpc) is 2.96. The minimum Gasteiger partial charge on any atom is -0.445 e. The molecular formula is C15H22N2O2. The minimum atomic E-state index is -0.222. The molecule has 1 aliphatic rings. The SMILES string of the molecule is CCN(CC1CCCN1)C(=O)OCc1ccccc1. The maximum absolute atomic E-state index is 12.0. The second-order valence-corrected chi connectivity index (χ2v) is 4.87. The van der Waals surface area contributed by atoms with Crippen LogP contribution in [0.4, 0.5) is 4.79 Å². The zero-order valence-corrected chi connectivity index (χ0v) is 11.5. The van der Waals surface area contributed by atoms with Crippen LogP contribution in [0.15, 0.2) is 30.3 Å². The molecular weight excluding hydrogens is 240 g/mol. The fourth-order valence-electron chi connectivity index (χ4n) is 2.32. The van der Waals surface area contributed by atoms with Crippen LogP contribution in [0.1, 0.15) is 25.3 Å². The molecule has 0 aromatic heterocycles. The van der Waals surface area contributed by atoms with Crippen molar-refractivity contribution in [3.63, 3.8) is 0 Å². The maximum Gasteiger partial charge on any atom is 0.410 e. The summed E-state index contributed by atoms with van der Waals surface area (Å²) in [5.74, 6) is 0. The number of nitrogens with zero attached hydrogens (tertiary/aromatic N) is 1. The van der Waals surface area contributed by atoms with Gasteiger partial charge in [0.15, 0.2) is 0 Å². The lowest BCUT2D eigenvalue weighted by Crippen LogP contribution is -2.41.